The van der Waals surface area contributed by atoms with E-state index in [1.165, 1.54) is 11.6 Å². The molecule has 6 nitrogen and oxygen atoms in total. The molecule has 0 amide bonds. The van der Waals surface area contributed by atoms with E-state index < -0.39 is 40.9 Å². The number of carboxylic acid groups (broad SMARTS) is 1. The Morgan fingerprint density at radius 1 is 1.29 bits per heavy atom. The normalized spacial score (nSPS) is 38.7. The summed E-state index contributed by atoms with van der Waals surface area (Å²) in [6.07, 6.45) is 8.18. The first-order valence-corrected chi connectivity index (χ1v) is 15.9. The standard InChI is InChI=1S/C27H32FIN2O4/c1-15-10-18(5-6-20(15)28)31-22-11-17-4-7-21-19-8-9-27(35,24(33)34)25(19,2)13-23(32)29(21)26(17,3)12-16(22)14-30-31/h5-6,10-11,14,19,21,23,32,35H,4,7-9,12-13H2,1-3H3,(H,33,34). The molecule has 188 valence electrons. The van der Waals surface area contributed by atoms with E-state index in [1.807, 2.05) is 23.9 Å². The number of carbonyl (C=O) groups is 1. The number of nitrogens with zero attached hydrogens (tertiary/aromatic N) is 2. The summed E-state index contributed by atoms with van der Waals surface area (Å²) < 4.78 is 15.4. The van der Waals surface area contributed by atoms with Gasteiger partial charge in [-0.2, -0.15) is 0 Å². The van der Waals surface area contributed by atoms with Crippen molar-refractivity contribution in [2.24, 2.45) is 11.3 Å². The van der Waals surface area contributed by atoms with E-state index in [0.29, 0.717) is 22.3 Å². The predicted octanol–water partition coefficient (Wildman–Crippen LogP) is 4.64. The number of rotatable bonds is 2. The van der Waals surface area contributed by atoms with Crippen LogP contribution in [0.5, 0.6) is 0 Å². The van der Waals surface area contributed by atoms with Gasteiger partial charge in [-0.1, -0.05) is 0 Å². The minimum absolute atomic E-state index is 0.100. The Hall–Kier alpha value is -1.78. The number of aliphatic hydroxyl groups excluding tert-OH is 1. The molecule has 0 radical (unpaired) electrons. The molecular formula is C27H32FIN2O4. The van der Waals surface area contributed by atoms with Crippen LogP contribution in [0.15, 0.2) is 30.0 Å². The summed E-state index contributed by atoms with van der Waals surface area (Å²) in [5, 5.41) is 37.3. The number of halogens is 2. The maximum absolute atomic E-state index is 13.8. The van der Waals surface area contributed by atoms with Crippen molar-refractivity contribution >= 4 is 31.9 Å². The van der Waals surface area contributed by atoms with Gasteiger partial charge in [-0.25, -0.2) is 0 Å². The molecule has 6 rings (SSSR count). The molecule has 6 unspecified atom stereocenters. The molecule has 8 heteroatoms. The molecule has 2 aromatic rings. The second-order valence-corrected chi connectivity index (χ2v) is 18.6. The van der Waals surface area contributed by atoms with Crippen LogP contribution in [0.2, 0.25) is 0 Å². The molecule has 1 aromatic heterocycles. The maximum atomic E-state index is 13.8. The van der Waals surface area contributed by atoms with Gasteiger partial charge in [-0.15, -0.1) is 0 Å². The van der Waals surface area contributed by atoms with E-state index in [1.54, 1.807) is 13.0 Å². The zero-order chi connectivity index (χ0) is 24.9. The molecule has 3 fully saturated rings. The van der Waals surface area contributed by atoms with Crippen LogP contribution in [0.4, 0.5) is 4.39 Å². The van der Waals surface area contributed by atoms with Gasteiger partial charge in [0.15, 0.2) is 0 Å². The van der Waals surface area contributed by atoms with E-state index >= 15 is 0 Å². The van der Waals surface area contributed by atoms with Crippen molar-refractivity contribution in [1.29, 1.82) is 0 Å². The van der Waals surface area contributed by atoms with Crippen molar-refractivity contribution in [3.05, 3.63) is 52.6 Å². The predicted molar refractivity (Wildman–Crippen MR) is 139 cm³/mol. The van der Waals surface area contributed by atoms with Crippen molar-refractivity contribution in [2.45, 2.75) is 76.4 Å². The van der Waals surface area contributed by atoms with Crippen LogP contribution in [0.1, 0.15) is 62.8 Å². The van der Waals surface area contributed by atoms with Crippen LogP contribution in [-0.2, 0) is 11.2 Å². The van der Waals surface area contributed by atoms with E-state index in [0.717, 1.165) is 36.2 Å². The first kappa shape index (κ1) is 23.6. The second-order valence-electron chi connectivity index (χ2n) is 11.2. The molecule has 0 spiro atoms. The van der Waals surface area contributed by atoms with Crippen molar-refractivity contribution < 1.29 is 24.5 Å². The SMILES string of the molecule is Cc1cc(-n2ncc3c2C=C2CCC4C5CCC(O)(C(=O)O)C5(C)CC(O)I4C2(C)C3)ccc1F. The Morgan fingerprint density at radius 2 is 2.06 bits per heavy atom. The van der Waals surface area contributed by atoms with Crippen LogP contribution in [0, 0.1) is 24.1 Å². The van der Waals surface area contributed by atoms with E-state index in [2.05, 4.69) is 18.1 Å². The average molecular weight is 594 g/mol. The number of aliphatic carboxylic acids is 1. The quantitative estimate of drug-likeness (QED) is 0.348. The number of allylic oxidation sites excluding steroid dienone is 1. The molecule has 0 bridgehead atoms. The van der Waals surface area contributed by atoms with Crippen LogP contribution < -0.4 is 0 Å². The van der Waals surface area contributed by atoms with Crippen LogP contribution >= 0.6 is 19.8 Å². The molecule has 2 aliphatic carbocycles. The molecule has 3 heterocycles. The number of fused-ring (bicyclic) bond motifs is 6. The van der Waals surface area contributed by atoms with Crippen molar-refractivity contribution in [3.8, 4) is 5.69 Å². The summed E-state index contributed by atoms with van der Waals surface area (Å²) in [5.74, 6) is -1.24. The van der Waals surface area contributed by atoms with Crippen LogP contribution in [-0.4, -0.2) is 48.1 Å². The molecule has 4 aliphatic rings. The van der Waals surface area contributed by atoms with Gasteiger partial charge in [-0.3, -0.25) is 0 Å². The van der Waals surface area contributed by atoms with Gasteiger partial charge in [-0.05, 0) is 0 Å². The summed E-state index contributed by atoms with van der Waals surface area (Å²) >= 11 is -2.06. The molecule has 2 saturated heterocycles. The number of aryl methyl sites for hydroxylation is 1. The third-order valence-corrected chi connectivity index (χ3v) is 18.5. The Balaban J connectivity index is 1.38. The Kier molecular flexibility index (Phi) is 5.14. The first-order valence-electron chi connectivity index (χ1n) is 12.3. The molecule has 1 saturated carbocycles. The Labute approximate surface area is 211 Å². The number of benzene rings is 1. The average Bonchev–Trinajstić information content (AvgIpc) is 3.31. The third-order valence-electron chi connectivity index (χ3n) is 9.48. The number of carboxylic acids is 1. The van der Waals surface area contributed by atoms with E-state index in [-0.39, 0.29) is 21.6 Å². The van der Waals surface area contributed by atoms with E-state index in [4.69, 9.17) is 0 Å². The number of hydrogen-bond acceptors (Lipinski definition) is 4. The first-order chi connectivity index (χ1) is 16.5. The monoisotopic (exact) mass is 594 g/mol. The summed E-state index contributed by atoms with van der Waals surface area (Å²) in [6.45, 7) is 5.96. The topological polar surface area (TPSA) is 95.6 Å². The molecule has 35 heavy (non-hydrogen) atoms. The fourth-order valence-electron chi connectivity index (χ4n) is 7.49. The minimum atomic E-state index is -2.06. The van der Waals surface area contributed by atoms with Gasteiger partial charge in [0.25, 0.3) is 0 Å². The van der Waals surface area contributed by atoms with Gasteiger partial charge < -0.3 is 0 Å². The van der Waals surface area contributed by atoms with Crippen molar-refractivity contribution in [3.63, 3.8) is 0 Å². The summed E-state index contributed by atoms with van der Waals surface area (Å²) in [7, 11) is 0. The van der Waals surface area contributed by atoms with Crippen LogP contribution in [0.25, 0.3) is 11.8 Å². The Morgan fingerprint density at radius 3 is 2.77 bits per heavy atom. The number of aromatic nitrogens is 2. The van der Waals surface area contributed by atoms with Gasteiger partial charge in [0, 0.05) is 0 Å². The van der Waals surface area contributed by atoms with Crippen molar-refractivity contribution in [1.82, 2.24) is 9.78 Å². The van der Waals surface area contributed by atoms with Gasteiger partial charge in [0.1, 0.15) is 0 Å². The third kappa shape index (κ3) is 3.05. The number of aliphatic hydroxyl groups is 2. The number of hydrogen-bond donors (Lipinski definition) is 3. The summed E-state index contributed by atoms with van der Waals surface area (Å²) in [5.41, 5.74) is 2.42. The molecule has 3 N–H and O–H groups in total. The Bertz CT molecular complexity index is 1280. The van der Waals surface area contributed by atoms with E-state index in [9.17, 15) is 24.5 Å². The second kappa shape index (κ2) is 7.61. The van der Waals surface area contributed by atoms with Crippen molar-refractivity contribution in [2.75, 3.05) is 0 Å². The molecule has 6 atom stereocenters. The van der Waals surface area contributed by atoms with Crippen LogP contribution in [0.3, 0.4) is 0 Å². The fourth-order valence-corrected chi connectivity index (χ4v) is 18.5. The zero-order valence-corrected chi connectivity index (χ0v) is 22.4. The van der Waals surface area contributed by atoms with Gasteiger partial charge in [0.05, 0.1) is 0 Å². The fraction of sp³-hybridized carbons (Fsp3) is 0.556. The number of alkyl halides is 3. The summed E-state index contributed by atoms with van der Waals surface area (Å²) in [6, 6.07) is 5.05. The summed E-state index contributed by atoms with van der Waals surface area (Å²) in [4.78, 5) is 12.1. The van der Waals surface area contributed by atoms with Gasteiger partial charge in [0.2, 0.25) is 0 Å². The molecule has 2 aliphatic heterocycles. The zero-order valence-electron chi connectivity index (χ0n) is 20.3. The molecule has 1 aromatic carbocycles. The molecular weight excluding hydrogens is 562 g/mol. The van der Waals surface area contributed by atoms with Gasteiger partial charge >= 0.3 is 212 Å².